The van der Waals surface area contributed by atoms with Crippen molar-refractivity contribution >= 4 is 37.1 Å². The van der Waals surface area contributed by atoms with Crippen molar-refractivity contribution < 1.29 is 24.3 Å². The molecule has 0 saturated carbocycles. The molecule has 0 bridgehead atoms. The smallest absolute Gasteiger partial charge is 0.339 e. The third kappa shape index (κ3) is 14.5. The van der Waals surface area contributed by atoms with Crippen molar-refractivity contribution in [2.24, 2.45) is 0 Å². The number of hydrogen-bond donors (Lipinski definition) is 6. The molecule has 0 saturated heterocycles. The first-order valence-electron chi connectivity index (χ1n) is 7.23. The number of carboxylic acids is 1. The highest BCUT2D eigenvalue weighted by atomic mass is 35.5. The number of nitrogens with zero attached hydrogens (tertiary/aromatic N) is 3. The Morgan fingerprint density at radius 2 is 1.76 bits per heavy atom. The fourth-order valence-electron chi connectivity index (χ4n) is 1.29. The Morgan fingerprint density at radius 3 is 2.20 bits per heavy atom. The number of anilines is 2. The monoisotopic (exact) mass is 398 g/mol. The molecular formula is C12H24ClN6O5P. The van der Waals surface area contributed by atoms with E-state index in [1.807, 2.05) is 27.7 Å². The summed E-state index contributed by atoms with van der Waals surface area (Å²) in [4.78, 5) is 38.3. The van der Waals surface area contributed by atoms with Gasteiger partial charge >= 0.3 is 13.6 Å². The van der Waals surface area contributed by atoms with E-state index < -0.39 is 26.4 Å². The van der Waals surface area contributed by atoms with Gasteiger partial charge in [0, 0.05) is 12.1 Å². The van der Waals surface area contributed by atoms with Gasteiger partial charge in [0.1, 0.15) is 0 Å². The average molecular weight is 399 g/mol. The van der Waals surface area contributed by atoms with Crippen molar-refractivity contribution in [3.8, 4) is 0 Å². The van der Waals surface area contributed by atoms with E-state index in [4.69, 9.17) is 26.5 Å². The minimum absolute atomic E-state index is 0.103. The summed E-state index contributed by atoms with van der Waals surface area (Å²) in [5.74, 6) is -0.170. The first kappa shape index (κ1) is 23.5. The quantitative estimate of drug-likeness (QED) is 0.361. The zero-order valence-electron chi connectivity index (χ0n) is 14.4. The Balaban J connectivity index is 0.000000504. The molecule has 13 heteroatoms. The van der Waals surface area contributed by atoms with Crippen LogP contribution in [0.3, 0.4) is 0 Å². The molecule has 0 aliphatic heterocycles. The van der Waals surface area contributed by atoms with E-state index in [0.717, 1.165) is 6.54 Å². The number of aromatic nitrogens is 3. The van der Waals surface area contributed by atoms with Crippen LogP contribution in [0.5, 0.6) is 0 Å². The second kappa shape index (κ2) is 10.5. The van der Waals surface area contributed by atoms with E-state index in [9.17, 15) is 9.36 Å². The number of nitrogens with one attached hydrogen (secondary N) is 3. The Bertz CT molecular complexity index is 606. The van der Waals surface area contributed by atoms with Crippen molar-refractivity contribution in [1.29, 1.82) is 0 Å². The van der Waals surface area contributed by atoms with Crippen molar-refractivity contribution in [1.82, 2.24) is 20.3 Å². The molecular weight excluding hydrogens is 375 g/mol. The summed E-state index contributed by atoms with van der Waals surface area (Å²) >= 11 is 5.77. The van der Waals surface area contributed by atoms with Crippen LogP contribution in [0.1, 0.15) is 27.7 Å². The fourth-order valence-corrected chi connectivity index (χ4v) is 1.85. The summed E-state index contributed by atoms with van der Waals surface area (Å²) in [6.07, 6.45) is -0.598. The molecule has 1 heterocycles. The third-order valence-electron chi connectivity index (χ3n) is 2.02. The summed E-state index contributed by atoms with van der Waals surface area (Å²) in [6.45, 7) is 8.35. The van der Waals surface area contributed by atoms with Gasteiger partial charge in [-0.3, -0.25) is 14.7 Å². The molecule has 1 rings (SSSR count). The standard InChI is InChI=1S/C9H16ClN5.C3H8NO5P/c1-5-11-7-12-6(10)13-8(14-7)15-9(2,3)4;5-3(6)1-4-2-10(7,8)9/h5H2,1-4H3,(H2,11,12,13,14,15);4H,1-2H2,(H,5,6)(H2,7,8,9). The highest BCUT2D eigenvalue weighted by Crippen LogP contribution is 2.31. The first-order valence-corrected chi connectivity index (χ1v) is 9.40. The van der Waals surface area contributed by atoms with E-state index in [1.165, 1.54) is 0 Å². The maximum atomic E-state index is 10.1. The van der Waals surface area contributed by atoms with Crippen LogP contribution in [0, 0.1) is 0 Å². The van der Waals surface area contributed by atoms with Crippen LogP contribution in [-0.4, -0.2) is 60.7 Å². The predicted octanol–water partition coefficient (Wildman–Crippen LogP) is 0.963. The zero-order chi connectivity index (χ0) is 19.7. The second-order valence-electron chi connectivity index (χ2n) is 5.80. The minimum atomic E-state index is -4.10. The molecule has 1 aromatic heterocycles. The maximum Gasteiger partial charge on any atom is 0.339 e. The fraction of sp³-hybridized carbons (Fsp3) is 0.667. The van der Waals surface area contributed by atoms with Crippen molar-refractivity contribution in [3.63, 3.8) is 0 Å². The van der Waals surface area contributed by atoms with Crippen LogP contribution in [-0.2, 0) is 9.36 Å². The lowest BCUT2D eigenvalue weighted by Crippen LogP contribution is -2.27. The molecule has 0 fully saturated rings. The van der Waals surface area contributed by atoms with Crippen LogP contribution in [0.2, 0.25) is 5.28 Å². The van der Waals surface area contributed by atoms with Crippen LogP contribution >= 0.6 is 19.2 Å². The second-order valence-corrected chi connectivity index (χ2v) is 7.78. The van der Waals surface area contributed by atoms with Gasteiger partial charge in [-0.25, -0.2) is 0 Å². The number of hydrogen-bond acceptors (Lipinski definition) is 8. The SMILES string of the molecule is CCNc1nc(Cl)nc(NC(C)(C)C)n1.O=C(O)CNCP(=O)(O)O. The van der Waals surface area contributed by atoms with Crippen molar-refractivity contribution in [3.05, 3.63) is 5.28 Å². The molecule has 0 atom stereocenters. The largest absolute Gasteiger partial charge is 0.480 e. The van der Waals surface area contributed by atoms with Crippen LogP contribution in [0.4, 0.5) is 11.9 Å². The normalized spacial score (nSPS) is 11.3. The summed E-state index contributed by atoms with van der Waals surface area (Å²) in [5, 5.41) is 16.4. The molecule has 0 aliphatic carbocycles. The van der Waals surface area contributed by atoms with Crippen LogP contribution < -0.4 is 16.0 Å². The van der Waals surface area contributed by atoms with E-state index >= 15 is 0 Å². The van der Waals surface area contributed by atoms with Gasteiger partial charge in [0.2, 0.25) is 17.2 Å². The highest BCUT2D eigenvalue weighted by Gasteiger charge is 2.13. The minimum Gasteiger partial charge on any atom is -0.480 e. The molecule has 1 aromatic rings. The Kier molecular flexibility index (Phi) is 9.83. The molecule has 0 unspecified atom stereocenters. The number of carbonyl (C=O) groups is 1. The topological polar surface area (TPSA) is 170 Å². The number of carboxylic acid groups (broad SMARTS) is 1. The molecule has 144 valence electrons. The van der Waals surface area contributed by atoms with E-state index in [-0.39, 0.29) is 10.8 Å². The first-order chi connectivity index (χ1) is 11.3. The van der Waals surface area contributed by atoms with Gasteiger partial charge in [0.05, 0.1) is 12.8 Å². The number of rotatable bonds is 7. The Hall–Kier alpha value is -1.52. The zero-order valence-corrected chi connectivity index (χ0v) is 16.1. The summed E-state index contributed by atoms with van der Waals surface area (Å²) < 4.78 is 10.1. The molecule has 0 spiro atoms. The summed E-state index contributed by atoms with van der Waals surface area (Å²) in [6, 6.07) is 0. The van der Waals surface area contributed by atoms with Gasteiger partial charge in [-0.1, -0.05) is 0 Å². The van der Waals surface area contributed by atoms with Crippen LogP contribution in [0.15, 0.2) is 0 Å². The third-order valence-corrected chi connectivity index (χ3v) is 2.83. The number of aliphatic carboxylic acids is 1. The van der Waals surface area contributed by atoms with Gasteiger partial charge in [-0.15, -0.1) is 0 Å². The molecule has 0 aliphatic rings. The van der Waals surface area contributed by atoms with Crippen molar-refractivity contribution in [2.45, 2.75) is 33.2 Å². The van der Waals surface area contributed by atoms with Gasteiger partial charge in [0.15, 0.2) is 0 Å². The molecule has 11 nitrogen and oxygen atoms in total. The van der Waals surface area contributed by atoms with Crippen molar-refractivity contribution in [2.75, 3.05) is 30.0 Å². The van der Waals surface area contributed by atoms with Crippen LogP contribution in [0.25, 0.3) is 0 Å². The van der Waals surface area contributed by atoms with E-state index in [0.29, 0.717) is 11.9 Å². The lowest BCUT2D eigenvalue weighted by Gasteiger charge is -2.20. The van der Waals surface area contributed by atoms with E-state index in [2.05, 4.69) is 30.9 Å². The lowest BCUT2D eigenvalue weighted by atomic mass is 10.1. The Morgan fingerprint density at radius 1 is 1.20 bits per heavy atom. The molecule has 0 aromatic carbocycles. The summed E-state index contributed by atoms with van der Waals surface area (Å²) in [7, 11) is -4.10. The molecule has 6 N–H and O–H groups in total. The molecule has 0 amide bonds. The number of halogens is 1. The molecule has 0 radical (unpaired) electrons. The van der Waals surface area contributed by atoms with Gasteiger partial charge < -0.3 is 25.5 Å². The van der Waals surface area contributed by atoms with Gasteiger partial charge in [0.25, 0.3) is 0 Å². The van der Waals surface area contributed by atoms with Gasteiger partial charge in [-0.05, 0) is 39.3 Å². The van der Waals surface area contributed by atoms with Gasteiger partial charge in [-0.2, -0.15) is 15.0 Å². The molecule has 25 heavy (non-hydrogen) atoms. The predicted molar refractivity (Wildman–Crippen MR) is 94.9 cm³/mol. The highest BCUT2D eigenvalue weighted by molar-refractivity contribution is 7.51. The lowest BCUT2D eigenvalue weighted by molar-refractivity contribution is -0.135. The average Bonchev–Trinajstić information content (AvgIpc) is 2.34. The maximum absolute atomic E-state index is 10.1. The summed E-state index contributed by atoms with van der Waals surface area (Å²) in [5.41, 5.74) is -0.103. The van der Waals surface area contributed by atoms with E-state index in [1.54, 1.807) is 0 Å². The Labute approximate surface area is 150 Å².